The minimum Gasteiger partial charge on any atom is -0.479 e. The first kappa shape index (κ1) is 11.5. The zero-order chi connectivity index (χ0) is 11.5. The number of carboxylic acid groups (broad SMARTS) is 1. The van der Waals surface area contributed by atoms with Crippen molar-refractivity contribution < 1.29 is 15.0 Å². The van der Waals surface area contributed by atoms with E-state index in [1.165, 1.54) is 12.8 Å². The number of hydrogen-bond donors (Lipinski definition) is 2. The van der Waals surface area contributed by atoms with Gasteiger partial charge in [-0.25, -0.2) is 4.79 Å². The van der Waals surface area contributed by atoms with E-state index in [0.29, 0.717) is 5.56 Å². The first-order valence-corrected chi connectivity index (χ1v) is 6.29. The van der Waals surface area contributed by atoms with Crippen molar-refractivity contribution in [3.63, 3.8) is 0 Å². The molecule has 1 saturated carbocycles. The van der Waals surface area contributed by atoms with Crippen molar-refractivity contribution >= 4 is 17.7 Å². The lowest BCUT2D eigenvalue weighted by Crippen LogP contribution is -2.09. The molecule has 1 aliphatic carbocycles. The maximum Gasteiger partial charge on any atom is 0.337 e. The van der Waals surface area contributed by atoms with Crippen molar-refractivity contribution in [1.82, 2.24) is 0 Å². The Labute approximate surface area is 98.5 Å². The summed E-state index contributed by atoms with van der Waals surface area (Å²) in [6.07, 6.45) is 1.26. The van der Waals surface area contributed by atoms with Gasteiger partial charge in [-0.3, -0.25) is 0 Å². The number of benzene rings is 1. The predicted molar refractivity (Wildman–Crippen MR) is 62.5 cm³/mol. The largest absolute Gasteiger partial charge is 0.479 e. The van der Waals surface area contributed by atoms with Crippen LogP contribution in [0.4, 0.5) is 0 Å². The molecule has 2 N–H and O–H groups in total. The first-order valence-electron chi connectivity index (χ1n) is 5.30. The average molecular weight is 238 g/mol. The Morgan fingerprint density at radius 3 is 2.50 bits per heavy atom. The fourth-order valence-corrected chi connectivity index (χ4v) is 2.48. The van der Waals surface area contributed by atoms with E-state index >= 15 is 0 Å². The molecule has 0 aromatic heterocycles. The summed E-state index contributed by atoms with van der Waals surface area (Å²) in [5, 5.41) is 17.9. The highest BCUT2D eigenvalue weighted by atomic mass is 32.2. The molecule has 0 spiro atoms. The minimum atomic E-state index is -1.41. The van der Waals surface area contributed by atoms with Crippen LogP contribution in [-0.2, 0) is 4.79 Å². The summed E-state index contributed by atoms with van der Waals surface area (Å²) < 4.78 is 0. The molecular formula is C12H14O3S. The maximum atomic E-state index is 10.6. The molecule has 1 aromatic rings. The number of aliphatic hydroxyl groups is 1. The fourth-order valence-electron chi connectivity index (χ4n) is 1.39. The van der Waals surface area contributed by atoms with Gasteiger partial charge in [0.15, 0.2) is 6.10 Å². The van der Waals surface area contributed by atoms with Gasteiger partial charge in [0, 0.05) is 10.6 Å². The van der Waals surface area contributed by atoms with Crippen LogP contribution in [0.3, 0.4) is 0 Å². The molecule has 1 aromatic carbocycles. The van der Waals surface area contributed by atoms with Crippen molar-refractivity contribution in [3.8, 4) is 0 Å². The molecule has 4 heteroatoms. The number of carboxylic acids is 1. The van der Waals surface area contributed by atoms with Gasteiger partial charge < -0.3 is 10.2 Å². The maximum absolute atomic E-state index is 10.6. The van der Waals surface area contributed by atoms with Crippen LogP contribution in [0.5, 0.6) is 0 Å². The van der Waals surface area contributed by atoms with Gasteiger partial charge in [0.05, 0.1) is 0 Å². The van der Waals surface area contributed by atoms with Crippen LogP contribution in [0.1, 0.15) is 24.5 Å². The highest BCUT2D eigenvalue weighted by Crippen LogP contribution is 2.35. The van der Waals surface area contributed by atoms with Crippen LogP contribution in [0.2, 0.25) is 0 Å². The zero-order valence-corrected chi connectivity index (χ0v) is 9.61. The lowest BCUT2D eigenvalue weighted by atomic mass is 10.1. The van der Waals surface area contributed by atoms with Gasteiger partial charge in [0.2, 0.25) is 0 Å². The second-order valence-corrected chi connectivity index (χ2v) is 5.16. The summed E-state index contributed by atoms with van der Waals surface area (Å²) in [5.74, 6) is 0.800. The molecule has 0 bridgehead atoms. The smallest absolute Gasteiger partial charge is 0.337 e. The summed E-state index contributed by atoms with van der Waals surface area (Å²) >= 11 is 1.79. The SMILES string of the molecule is O=C(O)C(O)c1ccc(SCC2CC2)cc1. The molecule has 0 aliphatic heterocycles. The van der Waals surface area contributed by atoms with Crippen molar-refractivity contribution in [2.75, 3.05) is 5.75 Å². The van der Waals surface area contributed by atoms with E-state index in [-0.39, 0.29) is 0 Å². The van der Waals surface area contributed by atoms with E-state index in [2.05, 4.69) is 0 Å². The molecule has 1 aliphatic rings. The van der Waals surface area contributed by atoms with Crippen molar-refractivity contribution in [3.05, 3.63) is 29.8 Å². The lowest BCUT2D eigenvalue weighted by molar-refractivity contribution is -0.146. The molecular weight excluding hydrogens is 224 g/mol. The Bertz CT molecular complexity index is 370. The Morgan fingerprint density at radius 2 is 2.00 bits per heavy atom. The molecule has 16 heavy (non-hydrogen) atoms. The Morgan fingerprint density at radius 1 is 1.38 bits per heavy atom. The van der Waals surface area contributed by atoms with Crippen LogP contribution in [0, 0.1) is 5.92 Å². The van der Waals surface area contributed by atoms with Crippen molar-refractivity contribution in [1.29, 1.82) is 0 Å². The molecule has 1 fully saturated rings. The fraction of sp³-hybridized carbons (Fsp3) is 0.417. The van der Waals surface area contributed by atoms with E-state index in [9.17, 15) is 9.90 Å². The number of rotatable bonds is 5. The molecule has 1 atom stereocenters. The first-order chi connectivity index (χ1) is 7.66. The Kier molecular flexibility index (Phi) is 3.51. The Hall–Kier alpha value is -1.00. The quantitative estimate of drug-likeness (QED) is 0.773. The van der Waals surface area contributed by atoms with Gasteiger partial charge in [-0.2, -0.15) is 0 Å². The molecule has 0 saturated heterocycles. The number of carbonyl (C=O) groups is 1. The van der Waals surface area contributed by atoms with E-state index in [4.69, 9.17) is 5.11 Å². The van der Waals surface area contributed by atoms with E-state index < -0.39 is 12.1 Å². The number of hydrogen-bond acceptors (Lipinski definition) is 3. The summed E-state index contributed by atoms with van der Waals surface area (Å²) in [6.45, 7) is 0. The predicted octanol–water partition coefficient (Wildman–Crippen LogP) is 2.31. The molecule has 3 nitrogen and oxygen atoms in total. The van der Waals surface area contributed by atoms with Gasteiger partial charge in [0.25, 0.3) is 0 Å². The van der Waals surface area contributed by atoms with Crippen LogP contribution < -0.4 is 0 Å². The minimum absolute atomic E-state index is 0.434. The van der Waals surface area contributed by atoms with Gasteiger partial charge >= 0.3 is 5.97 Å². The normalized spacial score (nSPS) is 17.1. The molecule has 0 radical (unpaired) electrons. The Balaban J connectivity index is 1.94. The van der Waals surface area contributed by atoms with Crippen molar-refractivity contribution in [2.45, 2.75) is 23.8 Å². The van der Waals surface area contributed by atoms with E-state index in [1.54, 1.807) is 23.9 Å². The van der Waals surface area contributed by atoms with E-state index in [0.717, 1.165) is 16.6 Å². The van der Waals surface area contributed by atoms with Gasteiger partial charge in [-0.05, 0) is 36.5 Å². The van der Waals surface area contributed by atoms with Crippen LogP contribution in [-0.4, -0.2) is 21.9 Å². The third kappa shape index (κ3) is 3.00. The highest BCUT2D eigenvalue weighted by molar-refractivity contribution is 7.99. The summed E-state index contributed by atoms with van der Waals surface area (Å²) in [4.78, 5) is 11.7. The molecule has 0 heterocycles. The lowest BCUT2D eigenvalue weighted by Gasteiger charge is -2.06. The zero-order valence-electron chi connectivity index (χ0n) is 8.80. The van der Waals surface area contributed by atoms with Crippen LogP contribution >= 0.6 is 11.8 Å². The third-order valence-electron chi connectivity index (χ3n) is 2.61. The van der Waals surface area contributed by atoms with Gasteiger partial charge in [0.1, 0.15) is 0 Å². The van der Waals surface area contributed by atoms with Crippen molar-refractivity contribution in [2.24, 2.45) is 5.92 Å². The molecule has 86 valence electrons. The average Bonchev–Trinajstić information content (AvgIpc) is 3.10. The van der Waals surface area contributed by atoms with Crippen LogP contribution in [0.25, 0.3) is 0 Å². The molecule has 1 unspecified atom stereocenters. The topological polar surface area (TPSA) is 57.5 Å². The third-order valence-corrected chi connectivity index (χ3v) is 3.86. The number of aliphatic hydroxyl groups excluding tert-OH is 1. The van der Waals surface area contributed by atoms with Gasteiger partial charge in [-0.1, -0.05) is 12.1 Å². The van der Waals surface area contributed by atoms with Crippen LogP contribution in [0.15, 0.2) is 29.2 Å². The second-order valence-electron chi connectivity index (χ2n) is 4.06. The van der Waals surface area contributed by atoms with E-state index in [1.807, 2.05) is 12.1 Å². The standard InChI is InChI=1S/C12H14O3S/c13-11(12(14)15)9-3-5-10(6-4-9)16-7-8-1-2-8/h3-6,8,11,13H,1-2,7H2,(H,14,15). The highest BCUT2D eigenvalue weighted by Gasteiger charge is 2.21. The molecule has 0 amide bonds. The number of aliphatic carboxylic acids is 1. The summed E-state index contributed by atoms with van der Waals surface area (Å²) in [6, 6.07) is 7.09. The summed E-state index contributed by atoms with van der Waals surface area (Å²) in [7, 11) is 0. The number of thioether (sulfide) groups is 1. The summed E-state index contributed by atoms with van der Waals surface area (Å²) in [5.41, 5.74) is 0.434. The van der Waals surface area contributed by atoms with Gasteiger partial charge in [-0.15, -0.1) is 11.8 Å². The second kappa shape index (κ2) is 4.89. The molecule has 2 rings (SSSR count). The monoisotopic (exact) mass is 238 g/mol.